The molecule has 2 aromatic rings. The molecule has 0 saturated carbocycles. The van der Waals surface area contributed by atoms with E-state index in [1.165, 1.54) is 18.2 Å². The van der Waals surface area contributed by atoms with Crippen LogP contribution in [0.15, 0.2) is 65.7 Å². The van der Waals surface area contributed by atoms with Crippen LogP contribution in [0.25, 0.3) is 0 Å². The Kier molecular flexibility index (Phi) is 12.8. The minimum atomic E-state index is -0.158. The molecule has 0 saturated heterocycles. The molecule has 0 spiro atoms. The highest BCUT2D eigenvalue weighted by Gasteiger charge is 2.13. The fourth-order valence-electron chi connectivity index (χ4n) is 3.00. The summed E-state index contributed by atoms with van der Waals surface area (Å²) in [5.41, 5.74) is 2.51. The Balaban J connectivity index is 0.00000420. The normalized spacial score (nSPS) is 10.9. The molecule has 0 radical (unpaired) electrons. The third-order valence-corrected chi connectivity index (χ3v) is 4.51. The van der Waals surface area contributed by atoms with Crippen LogP contribution in [0.4, 0.5) is 0 Å². The van der Waals surface area contributed by atoms with E-state index in [1.807, 2.05) is 12.1 Å². The third-order valence-electron chi connectivity index (χ3n) is 4.51. The second-order valence-corrected chi connectivity index (χ2v) is 6.55. The highest BCUT2D eigenvalue weighted by Crippen LogP contribution is 2.24. The van der Waals surface area contributed by atoms with E-state index >= 15 is 0 Å². The Hall–Kier alpha value is -2.09. The van der Waals surface area contributed by atoms with Gasteiger partial charge in [-0.05, 0) is 30.9 Å². The molecule has 0 bridgehead atoms. The van der Waals surface area contributed by atoms with Gasteiger partial charge in [0.25, 0.3) is 0 Å². The number of benzene rings is 2. The number of hydrogen-bond donors (Lipinski definition) is 2. The zero-order valence-electron chi connectivity index (χ0n) is 17.3. The van der Waals surface area contributed by atoms with Crippen molar-refractivity contribution >= 4 is 35.9 Å². The summed E-state index contributed by atoms with van der Waals surface area (Å²) in [5.74, 6) is 0.851. The highest BCUT2D eigenvalue weighted by atomic mass is 127. The second-order valence-electron chi connectivity index (χ2n) is 6.55. The summed E-state index contributed by atoms with van der Waals surface area (Å²) < 4.78 is 4.67. The van der Waals surface area contributed by atoms with Crippen LogP contribution in [0.2, 0.25) is 0 Å². The molecule has 0 fully saturated rings. The average Bonchev–Trinajstić information content (AvgIpc) is 2.74. The number of hydrogen-bond acceptors (Lipinski definition) is 3. The minimum Gasteiger partial charge on any atom is -0.469 e. The summed E-state index contributed by atoms with van der Waals surface area (Å²) in [5, 5.41) is 6.66. The van der Waals surface area contributed by atoms with Gasteiger partial charge >= 0.3 is 5.97 Å². The van der Waals surface area contributed by atoms with Crippen molar-refractivity contribution in [2.45, 2.75) is 32.1 Å². The lowest BCUT2D eigenvalue weighted by Gasteiger charge is -2.18. The number of esters is 1. The first kappa shape index (κ1) is 24.9. The molecule has 0 atom stereocenters. The smallest absolute Gasteiger partial charge is 0.305 e. The van der Waals surface area contributed by atoms with Crippen LogP contribution < -0.4 is 10.6 Å². The number of nitrogens with one attached hydrogen (secondary N) is 2. The first-order valence-electron chi connectivity index (χ1n) is 9.93. The number of guanidine groups is 1. The number of halogens is 1. The number of methoxy groups -OCH3 is 1. The van der Waals surface area contributed by atoms with Gasteiger partial charge in [0.05, 0.1) is 13.7 Å². The molecule has 29 heavy (non-hydrogen) atoms. The van der Waals surface area contributed by atoms with E-state index in [0.717, 1.165) is 31.9 Å². The number of ether oxygens (including phenoxy) is 1. The van der Waals surface area contributed by atoms with Crippen LogP contribution in [0.5, 0.6) is 0 Å². The summed E-state index contributed by atoms with van der Waals surface area (Å²) in [6.45, 7) is 4.28. The van der Waals surface area contributed by atoms with Crippen molar-refractivity contribution < 1.29 is 9.53 Å². The van der Waals surface area contributed by atoms with Gasteiger partial charge in [0, 0.05) is 25.4 Å². The molecule has 0 heterocycles. The third kappa shape index (κ3) is 9.30. The Labute approximate surface area is 191 Å². The molecule has 0 aliphatic carbocycles. The lowest BCUT2D eigenvalue weighted by atomic mass is 9.91. The van der Waals surface area contributed by atoms with E-state index in [4.69, 9.17) is 4.99 Å². The van der Waals surface area contributed by atoms with Crippen LogP contribution in [0.3, 0.4) is 0 Å². The van der Waals surface area contributed by atoms with Gasteiger partial charge in [0.1, 0.15) is 0 Å². The quantitative estimate of drug-likeness (QED) is 0.165. The molecular formula is C23H32IN3O2. The molecule has 0 aliphatic rings. The fourth-order valence-corrected chi connectivity index (χ4v) is 3.00. The maximum Gasteiger partial charge on any atom is 0.305 e. The summed E-state index contributed by atoms with van der Waals surface area (Å²) in [6, 6.07) is 21.0. The van der Waals surface area contributed by atoms with Gasteiger partial charge < -0.3 is 15.4 Å². The first-order chi connectivity index (χ1) is 13.7. The molecule has 2 N–H and O–H groups in total. The van der Waals surface area contributed by atoms with E-state index in [1.54, 1.807) is 0 Å². The number of rotatable bonds is 10. The van der Waals surface area contributed by atoms with E-state index < -0.39 is 0 Å². The average molecular weight is 509 g/mol. The topological polar surface area (TPSA) is 62.7 Å². The fraction of sp³-hybridized carbons (Fsp3) is 0.391. The molecule has 2 aromatic carbocycles. The predicted molar refractivity (Wildman–Crippen MR) is 130 cm³/mol. The van der Waals surface area contributed by atoms with Gasteiger partial charge in [-0.3, -0.25) is 9.79 Å². The lowest BCUT2D eigenvalue weighted by Crippen LogP contribution is -2.38. The molecule has 0 amide bonds. The number of nitrogens with zero attached hydrogens (tertiary/aromatic N) is 1. The molecule has 0 aliphatic heterocycles. The monoisotopic (exact) mass is 509 g/mol. The zero-order chi connectivity index (χ0) is 20.0. The van der Waals surface area contributed by atoms with Crippen LogP contribution in [-0.2, 0) is 9.53 Å². The van der Waals surface area contributed by atoms with Crippen LogP contribution in [-0.4, -0.2) is 38.7 Å². The number of carbonyl (C=O) groups excluding carboxylic acids is 1. The lowest BCUT2D eigenvalue weighted by molar-refractivity contribution is -0.140. The molecular weight excluding hydrogens is 477 g/mol. The number of carbonyl (C=O) groups is 1. The standard InChI is InChI=1S/C23H31N3O2.HI/c1-3-24-23(25-17-11-10-16-22(27)28-2)26-18-21(19-12-6-4-7-13-19)20-14-8-5-9-15-20;/h4-9,12-15,21H,3,10-11,16-18H2,1-2H3,(H2,24,25,26);1H. The highest BCUT2D eigenvalue weighted by molar-refractivity contribution is 14.0. The summed E-state index contributed by atoms with van der Waals surface area (Å²) >= 11 is 0. The van der Waals surface area contributed by atoms with Crippen molar-refractivity contribution in [2.75, 3.05) is 26.7 Å². The maximum absolute atomic E-state index is 11.2. The summed E-state index contributed by atoms with van der Waals surface area (Å²) in [4.78, 5) is 16.0. The van der Waals surface area contributed by atoms with Gasteiger partial charge in [0.2, 0.25) is 0 Å². The predicted octanol–water partition coefficient (Wildman–Crippen LogP) is 4.33. The van der Waals surface area contributed by atoms with E-state index in [-0.39, 0.29) is 35.9 Å². The van der Waals surface area contributed by atoms with E-state index in [2.05, 4.69) is 70.8 Å². The van der Waals surface area contributed by atoms with Crippen molar-refractivity contribution in [3.63, 3.8) is 0 Å². The Morgan fingerprint density at radius 1 is 0.966 bits per heavy atom. The van der Waals surface area contributed by atoms with Crippen molar-refractivity contribution in [1.82, 2.24) is 10.6 Å². The molecule has 5 nitrogen and oxygen atoms in total. The Bertz CT molecular complexity index is 684. The second kappa shape index (κ2) is 14.8. The van der Waals surface area contributed by atoms with Gasteiger partial charge in [-0.25, -0.2) is 0 Å². The van der Waals surface area contributed by atoms with Crippen molar-refractivity contribution in [3.05, 3.63) is 71.8 Å². The molecule has 6 heteroatoms. The maximum atomic E-state index is 11.2. The summed E-state index contributed by atoms with van der Waals surface area (Å²) in [6.07, 6.45) is 2.14. The van der Waals surface area contributed by atoms with Gasteiger partial charge in [-0.1, -0.05) is 60.7 Å². The van der Waals surface area contributed by atoms with Crippen LogP contribution >= 0.6 is 24.0 Å². The first-order valence-corrected chi connectivity index (χ1v) is 9.93. The van der Waals surface area contributed by atoms with Gasteiger partial charge in [0.15, 0.2) is 5.96 Å². The molecule has 0 aromatic heterocycles. The number of aliphatic imine (C=N–C) groups is 1. The van der Waals surface area contributed by atoms with E-state index in [0.29, 0.717) is 13.0 Å². The SMILES string of the molecule is CCNC(=NCC(c1ccccc1)c1ccccc1)NCCCCC(=O)OC.I. The largest absolute Gasteiger partial charge is 0.469 e. The van der Waals surface area contributed by atoms with Crippen molar-refractivity contribution in [2.24, 2.45) is 4.99 Å². The molecule has 158 valence electrons. The van der Waals surface area contributed by atoms with Gasteiger partial charge in [-0.2, -0.15) is 0 Å². The zero-order valence-corrected chi connectivity index (χ0v) is 19.6. The van der Waals surface area contributed by atoms with Gasteiger partial charge in [-0.15, -0.1) is 24.0 Å². The number of unbranched alkanes of at least 4 members (excludes halogenated alkanes) is 1. The Morgan fingerprint density at radius 3 is 2.07 bits per heavy atom. The van der Waals surface area contributed by atoms with Crippen molar-refractivity contribution in [3.8, 4) is 0 Å². The summed E-state index contributed by atoms with van der Waals surface area (Å²) in [7, 11) is 1.42. The van der Waals surface area contributed by atoms with E-state index in [9.17, 15) is 4.79 Å². The Morgan fingerprint density at radius 2 is 1.55 bits per heavy atom. The molecule has 0 unspecified atom stereocenters. The minimum absolute atomic E-state index is 0. The van der Waals surface area contributed by atoms with Crippen LogP contribution in [0, 0.1) is 0 Å². The molecule has 2 rings (SSSR count). The van der Waals surface area contributed by atoms with Crippen molar-refractivity contribution in [1.29, 1.82) is 0 Å². The van der Waals surface area contributed by atoms with Crippen LogP contribution in [0.1, 0.15) is 43.2 Å².